The van der Waals surface area contributed by atoms with E-state index in [4.69, 9.17) is 4.74 Å². The van der Waals surface area contributed by atoms with E-state index in [0.717, 1.165) is 11.3 Å². The third-order valence-electron chi connectivity index (χ3n) is 2.42. The Morgan fingerprint density at radius 1 is 1.33 bits per heavy atom. The van der Waals surface area contributed by atoms with Gasteiger partial charge in [0.1, 0.15) is 5.75 Å². The zero-order valence-electron chi connectivity index (χ0n) is 9.40. The third kappa shape index (κ3) is 3.22. The van der Waals surface area contributed by atoms with Crippen molar-refractivity contribution in [3.63, 3.8) is 0 Å². The molecule has 0 spiro atoms. The van der Waals surface area contributed by atoms with E-state index >= 15 is 0 Å². The van der Waals surface area contributed by atoms with Crippen molar-refractivity contribution in [1.82, 2.24) is 0 Å². The summed E-state index contributed by atoms with van der Waals surface area (Å²) < 4.78 is 5.17. The monoisotopic (exact) mass is 210 g/mol. The number of hydrogen-bond acceptors (Lipinski definition) is 3. The first-order valence-electron chi connectivity index (χ1n) is 4.97. The molecule has 0 aliphatic carbocycles. The van der Waals surface area contributed by atoms with Crippen LogP contribution >= 0.6 is 0 Å². The lowest BCUT2D eigenvalue weighted by atomic mass is 9.95. The van der Waals surface area contributed by atoms with Crippen LogP contribution in [0.2, 0.25) is 0 Å². The van der Waals surface area contributed by atoms with Gasteiger partial charge in [0, 0.05) is 6.42 Å². The molecule has 0 radical (unpaired) electrons. The highest BCUT2D eigenvalue weighted by molar-refractivity contribution is 5.33. The first-order valence-corrected chi connectivity index (χ1v) is 4.97. The van der Waals surface area contributed by atoms with Crippen LogP contribution in [-0.4, -0.2) is 29.0 Å². The summed E-state index contributed by atoms with van der Waals surface area (Å²) in [6, 6.07) is 7.48. The average molecular weight is 210 g/mol. The van der Waals surface area contributed by atoms with E-state index in [-0.39, 0.29) is 0 Å². The van der Waals surface area contributed by atoms with Crippen LogP contribution < -0.4 is 4.74 Å². The summed E-state index contributed by atoms with van der Waals surface area (Å²) in [4.78, 5) is 0. The molecule has 2 N–H and O–H groups in total. The van der Waals surface area contributed by atoms with Crippen LogP contribution in [0, 0.1) is 0 Å². The minimum Gasteiger partial charge on any atom is -0.496 e. The van der Waals surface area contributed by atoms with Crippen LogP contribution in [-0.2, 0) is 6.42 Å². The molecule has 1 aromatic rings. The maximum atomic E-state index is 9.75. The van der Waals surface area contributed by atoms with E-state index in [2.05, 4.69) is 0 Å². The fourth-order valence-electron chi connectivity index (χ4n) is 1.33. The van der Waals surface area contributed by atoms with E-state index in [1.165, 1.54) is 0 Å². The molecular weight excluding hydrogens is 192 g/mol. The summed E-state index contributed by atoms with van der Waals surface area (Å²) in [5.41, 5.74) is -0.199. The molecule has 0 aliphatic rings. The van der Waals surface area contributed by atoms with Gasteiger partial charge in [0.15, 0.2) is 0 Å². The molecule has 1 aromatic carbocycles. The first-order chi connectivity index (χ1) is 6.95. The van der Waals surface area contributed by atoms with Crippen LogP contribution in [0.1, 0.15) is 19.4 Å². The highest BCUT2D eigenvalue weighted by Crippen LogP contribution is 2.22. The predicted octanol–water partition coefficient (Wildman–Crippen LogP) is 1.37. The molecule has 0 heterocycles. The van der Waals surface area contributed by atoms with Gasteiger partial charge >= 0.3 is 0 Å². The van der Waals surface area contributed by atoms with E-state index in [9.17, 15) is 10.2 Å². The van der Waals surface area contributed by atoms with E-state index in [0.29, 0.717) is 6.42 Å². The molecule has 0 saturated heterocycles. The second-order valence-corrected chi connectivity index (χ2v) is 4.19. The lowest BCUT2D eigenvalue weighted by Crippen LogP contribution is -2.37. The highest BCUT2D eigenvalue weighted by atomic mass is 16.5. The van der Waals surface area contributed by atoms with Gasteiger partial charge in [0.05, 0.1) is 18.8 Å². The molecule has 0 aliphatic heterocycles. The number of rotatable bonds is 4. The molecule has 1 rings (SSSR count). The maximum absolute atomic E-state index is 9.75. The van der Waals surface area contributed by atoms with Crippen LogP contribution in [0.5, 0.6) is 5.75 Å². The first kappa shape index (κ1) is 12.0. The second-order valence-electron chi connectivity index (χ2n) is 4.19. The Bertz CT molecular complexity index is 315. The molecule has 84 valence electrons. The fraction of sp³-hybridized carbons (Fsp3) is 0.500. The molecule has 3 nitrogen and oxygen atoms in total. The van der Waals surface area contributed by atoms with Crippen molar-refractivity contribution in [2.45, 2.75) is 32.0 Å². The van der Waals surface area contributed by atoms with Crippen molar-refractivity contribution in [2.24, 2.45) is 0 Å². The zero-order chi connectivity index (χ0) is 11.5. The normalized spacial score (nSPS) is 13.7. The average Bonchev–Trinajstić information content (AvgIpc) is 2.17. The topological polar surface area (TPSA) is 49.7 Å². The fourth-order valence-corrected chi connectivity index (χ4v) is 1.33. The van der Waals surface area contributed by atoms with Crippen LogP contribution in [0.15, 0.2) is 24.3 Å². The number of aliphatic hydroxyl groups excluding tert-OH is 1. The summed E-state index contributed by atoms with van der Waals surface area (Å²) in [6.07, 6.45) is -0.415. The summed E-state index contributed by atoms with van der Waals surface area (Å²) in [5.74, 6) is 0.737. The Labute approximate surface area is 90.3 Å². The van der Waals surface area contributed by atoms with Gasteiger partial charge in [-0.2, -0.15) is 0 Å². The SMILES string of the molecule is COc1ccccc1CC(O)C(C)(C)O. The molecule has 1 atom stereocenters. The number of aliphatic hydroxyl groups is 2. The Morgan fingerprint density at radius 3 is 2.47 bits per heavy atom. The van der Waals surface area contributed by atoms with Gasteiger partial charge in [-0.05, 0) is 25.5 Å². The van der Waals surface area contributed by atoms with Gasteiger partial charge in [-0.15, -0.1) is 0 Å². The molecule has 0 aromatic heterocycles. The molecule has 1 unspecified atom stereocenters. The minimum absolute atomic E-state index is 0.382. The Balaban J connectivity index is 2.80. The van der Waals surface area contributed by atoms with Gasteiger partial charge in [-0.1, -0.05) is 18.2 Å². The number of methoxy groups -OCH3 is 1. The largest absolute Gasteiger partial charge is 0.496 e. The summed E-state index contributed by atoms with van der Waals surface area (Å²) in [5, 5.41) is 19.4. The van der Waals surface area contributed by atoms with Gasteiger partial charge in [-0.3, -0.25) is 0 Å². The van der Waals surface area contributed by atoms with Crippen molar-refractivity contribution in [3.8, 4) is 5.75 Å². The van der Waals surface area contributed by atoms with E-state index in [1.54, 1.807) is 21.0 Å². The molecule has 3 heteroatoms. The smallest absolute Gasteiger partial charge is 0.122 e. The van der Waals surface area contributed by atoms with Gasteiger partial charge in [0.2, 0.25) is 0 Å². The summed E-state index contributed by atoms with van der Waals surface area (Å²) in [7, 11) is 1.59. The van der Waals surface area contributed by atoms with Crippen molar-refractivity contribution in [2.75, 3.05) is 7.11 Å². The Morgan fingerprint density at radius 2 is 1.93 bits per heavy atom. The highest BCUT2D eigenvalue weighted by Gasteiger charge is 2.25. The van der Waals surface area contributed by atoms with Crippen molar-refractivity contribution in [3.05, 3.63) is 29.8 Å². The van der Waals surface area contributed by atoms with Gasteiger partial charge in [-0.25, -0.2) is 0 Å². The number of benzene rings is 1. The van der Waals surface area contributed by atoms with Gasteiger partial charge < -0.3 is 14.9 Å². The quantitative estimate of drug-likeness (QED) is 0.789. The number of ether oxygens (including phenoxy) is 1. The number of hydrogen-bond donors (Lipinski definition) is 2. The summed E-state index contributed by atoms with van der Waals surface area (Å²) in [6.45, 7) is 3.18. The second kappa shape index (κ2) is 4.64. The molecule has 0 bridgehead atoms. The molecular formula is C12H18O3. The van der Waals surface area contributed by atoms with Crippen LogP contribution in [0.4, 0.5) is 0 Å². The number of para-hydroxylation sites is 1. The lowest BCUT2D eigenvalue weighted by molar-refractivity contribution is -0.0471. The van der Waals surface area contributed by atoms with Crippen molar-refractivity contribution < 1.29 is 14.9 Å². The molecule has 0 amide bonds. The van der Waals surface area contributed by atoms with E-state index < -0.39 is 11.7 Å². The molecule has 0 fully saturated rings. The summed E-state index contributed by atoms with van der Waals surface area (Å²) >= 11 is 0. The Hall–Kier alpha value is -1.06. The minimum atomic E-state index is -1.10. The van der Waals surface area contributed by atoms with Crippen molar-refractivity contribution in [1.29, 1.82) is 0 Å². The standard InChI is InChI=1S/C12H18O3/c1-12(2,14)11(13)8-9-6-4-5-7-10(9)15-3/h4-7,11,13-14H,8H2,1-3H3. The third-order valence-corrected chi connectivity index (χ3v) is 2.42. The molecule has 0 saturated carbocycles. The Kier molecular flexibility index (Phi) is 3.72. The maximum Gasteiger partial charge on any atom is 0.122 e. The molecule has 15 heavy (non-hydrogen) atoms. The van der Waals surface area contributed by atoms with Gasteiger partial charge in [0.25, 0.3) is 0 Å². The lowest BCUT2D eigenvalue weighted by Gasteiger charge is -2.25. The van der Waals surface area contributed by atoms with E-state index in [1.807, 2.05) is 24.3 Å². The van der Waals surface area contributed by atoms with Crippen LogP contribution in [0.25, 0.3) is 0 Å². The zero-order valence-corrected chi connectivity index (χ0v) is 9.40. The van der Waals surface area contributed by atoms with Crippen molar-refractivity contribution >= 4 is 0 Å². The van der Waals surface area contributed by atoms with Crippen LogP contribution in [0.3, 0.4) is 0 Å². The predicted molar refractivity (Wildman–Crippen MR) is 59.0 cm³/mol.